The Balaban J connectivity index is 0.827. The van der Waals surface area contributed by atoms with Gasteiger partial charge in [0.15, 0.2) is 5.96 Å². The summed E-state index contributed by atoms with van der Waals surface area (Å²) in [5.74, 6) is 5.01. The Morgan fingerprint density at radius 1 is 0.642 bits per heavy atom. The van der Waals surface area contributed by atoms with E-state index in [9.17, 15) is 19.2 Å². The van der Waals surface area contributed by atoms with Crippen LogP contribution in [0.4, 0.5) is 0 Å². The number of carbonyl (C=O) groups excluding carboxylic acids is 4. The fraction of sp³-hybridized carbons (Fsp3) is 0.846. The second-order valence-corrected chi connectivity index (χ2v) is 17.8. The molecule has 4 heterocycles. The van der Waals surface area contributed by atoms with E-state index in [1.54, 1.807) is 0 Å². The van der Waals surface area contributed by atoms with Crippen LogP contribution in [0.2, 0.25) is 0 Å². The summed E-state index contributed by atoms with van der Waals surface area (Å²) >= 11 is 4.00. The zero-order chi connectivity index (χ0) is 37.7. The molecule has 6 atom stereocenters. The van der Waals surface area contributed by atoms with Crippen molar-refractivity contribution in [3.63, 3.8) is 0 Å². The largest absolute Gasteiger partial charge is 0.387 e. The maximum absolute atomic E-state index is 12.3. The standard InChI is InChI=1S/C39H67N7O5S2/c40-34-25-28-26-52-32(37(28)45-34)17-11-9-15-29(47)13-5-1-3-7-19-35(49)42-21-23-51-24-22-43-36(50)20-8-4-2-6-14-30(48)16-10-12-18-33-38-31(27-53-33)44-39(41)46-38/h28,31-33,37-38H,1-27H2,(H2,40,45)(H,42,49)(H,43,50)(H3,41,44,46)/t28-,31-,32-,33-,37-,38-/m0/s1. The van der Waals surface area contributed by atoms with Crippen molar-refractivity contribution in [1.29, 1.82) is 0 Å². The van der Waals surface area contributed by atoms with E-state index in [2.05, 4.69) is 25.9 Å². The first-order chi connectivity index (χ1) is 25.8. The predicted octanol–water partition coefficient (Wildman–Crippen LogP) is 4.81. The molecule has 2 saturated heterocycles. The third-order valence-electron chi connectivity index (χ3n) is 10.8. The van der Waals surface area contributed by atoms with E-state index in [1.807, 2.05) is 23.5 Å². The van der Waals surface area contributed by atoms with Crippen molar-refractivity contribution in [3.8, 4) is 0 Å². The highest BCUT2D eigenvalue weighted by atomic mass is 32.2. The molecule has 12 nitrogen and oxygen atoms in total. The molecule has 0 bridgehead atoms. The van der Waals surface area contributed by atoms with E-state index in [0.29, 0.717) is 117 Å². The van der Waals surface area contributed by atoms with Gasteiger partial charge in [-0.2, -0.15) is 23.5 Å². The molecule has 0 aromatic carbocycles. The maximum atomic E-state index is 12.3. The number of aliphatic imine (C=N–C) groups is 2. The minimum Gasteiger partial charge on any atom is -0.387 e. The molecule has 0 aliphatic carbocycles. The fourth-order valence-corrected chi connectivity index (χ4v) is 11.0. The molecule has 4 rings (SSSR count). The molecule has 0 unspecified atom stereocenters. The van der Waals surface area contributed by atoms with Crippen LogP contribution in [0.3, 0.4) is 0 Å². The lowest BCUT2D eigenvalue weighted by Gasteiger charge is -2.14. The van der Waals surface area contributed by atoms with E-state index in [-0.39, 0.29) is 11.8 Å². The molecule has 7 N–H and O–H groups in total. The molecular formula is C39H67N7O5S2. The lowest BCUT2D eigenvalue weighted by atomic mass is 9.96. The van der Waals surface area contributed by atoms with Gasteiger partial charge in [0.05, 0.1) is 37.2 Å². The summed E-state index contributed by atoms with van der Waals surface area (Å²) in [6.45, 7) is 1.73. The first kappa shape index (κ1) is 43.4. The van der Waals surface area contributed by atoms with Crippen molar-refractivity contribution in [2.45, 2.75) is 163 Å². The van der Waals surface area contributed by atoms with Gasteiger partial charge in [0.1, 0.15) is 11.6 Å². The lowest BCUT2D eigenvalue weighted by Crippen LogP contribution is -2.38. The Morgan fingerprint density at radius 3 is 1.70 bits per heavy atom. The predicted molar refractivity (Wildman–Crippen MR) is 218 cm³/mol. The third-order valence-corrected chi connectivity index (χ3v) is 13.9. The van der Waals surface area contributed by atoms with Gasteiger partial charge in [-0.25, -0.2) is 4.99 Å². The molecular weight excluding hydrogens is 711 g/mol. The summed E-state index contributed by atoms with van der Waals surface area (Å²) in [5, 5.41) is 10.1. The van der Waals surface area contributed by atoms with Crippen molar-refractivity contribution < 1.29 is 23.9 Å². The van der Waals surface area contributed by atoms with Crippen LogP contribution in [0.25, 0.3) is 0 Å². The first-order valence-electron chi connectivity index (χ1n) is 20.6. The van der Waals surface area contributed by atoms with Crippen molar-refractivity contribution in [1.82, 2.24) is 16.0 Å². The molecule has 0 radical (unpaired) electrons. The van der Waals surface area contributed by atoms with Gasteiger partial charge in [-0.3, -0.25) is 24.2 Å². The molecule has 4 aliphatic rings. The Kier molecular flexibility index (Phi) is 20.4. The molecule has 0 spiro atoms. The van der Waals surface area contributed by atoms with Crippen LogP contribution in [-0.4, -0.2) is 102 Å². The number of ketones is 2. The summed E-state index contributed by atoms with van der Waals surface area (Å²) < 4.78 is 5.54. The van der Waals surface area contributed by atoms with Crippen LogP contribution in [0.5, 0.6) is 0 Å². The van der Waals surface area contributed by atoms with Crippen LogP contribution in [0.15, 0.2) is 9.98 Å². The molecule has 2 amide bonds. The number of rotatable bonds is 30. The molecule has 0 aromatic rings. The molecule has 14 heteroatoms. The van der Waals surface area contributed by atoms with Crippen molar-refractivity contribution in [3.05, 3.63) is 0 Å². The summed E-state index contributed by atoms with van der Waals surface area (Å²) in [5.41, 5.74) is 11.7. The molecule has 4 aliphatic heterocycles. The SMILES string of the molecule is NC1=N[C@H]2[C@H](CS[C@H]2CCCCC(=O)CCCCCCC(=O)NCCOCCNC(=O)CCCCCCC(=O)CCCC[C@@H]2SC[C@@H]3NC(N)=N[C@@H]32)C1. The van der Waals surface area contributed by atoms with Gasteiger partial charge in [0.25, 0.3) is 0 Å². The number of thioether (sulfide) groups is 2. The molecule has 0 aromatic heterocycles. The first-order valence-corrected chi connectivity index (χ1v) is 22.7. The average Bonchev–Trinajstić information content (AvgIpc) is 3.89. The van der Waals surface area contributed by atoms with Gasteiger partial charge in [-0.05, 0) is 63.0 Å². The number of unbranched alkanes of at least 4 members (excludes halogenated alkanes) is 8. The molecule has 53 heavy (non-hydrogen) atoms. The number of ether oxygens (including phenoxy) is 1. The number of amides is 2. The molecule has 2 fully saturated rings. The van der Waals surface area contributed by atoms with Gasteiger partial charge in [0, 0.05) is 74.3 Å². The summed E-state index contributed by atoms with van der Waals surface area (Å²) in [7, 11) is 0. The zero-order valence-corrected chi connectivity index (χ0v) is 33.6. The molecule has 0 saturated carbocycles. The minimum absolute atomic E-state index is 0.0222. The number of guanidine groups is 1. The topological polar surface area (TPSA) is 190 Å². The third kappa shape index (κ3) is 16.9. The summed E-state index contributed by atoms with van der Waals surface area (Å²) in [4.78, 5) is 57.9. The van der Waals surface area contributed by atoms with Gasteiger partial charge in [-0.1, -0.05) is 38.5 Å². The second kappa shape index (κ2) is 25.0. The van der Waals surface area contributed by atoms with Crippen LogP contribution >= 0.6 is 23.5 Å². The van der Waals surface area contributed by atoms with Gasteiger partial charge >= 0.3 is 0 Å². The Hall–Kier alpha value is -2.32. The summed E-state index contributed by atoms with van der Waals surface area (Å²) in [6, 6.07) is 1.09. The average molecular weight is 778 g/mol. The lowest BCUT2D eigenvalue weighted by molar-refractivity contribution is -0.122. The number of carbonyl (C=O) groups is 4. The normalized spacial score (nSPS) is 24.3. The Morgan fingerprint density at radius 2 is 1.13 bits per heavy atom. The fourth-order valence-electron chi connectivity index (χ4n) is 7.82. The van der Waals surface area contributed by atoms with E-state index >= 15 is 0 Å². The number of Topliss-reactive ketones (excluding diaryl/α,β-unsaturated/α-hetero) is 2. The smallest absolute Gasteiger partial charge is 0.220 e. The Bertz CT molecular complexity index is 1130. The number of nitrogens with zero attached hydrogens (tertiary/aromatic N) is 2. The Labute approximate surface area is 326 Å². The number of hydrogen-bond acceptors (Lipinski definition) is 12. The highest BCUT2D eigenvalue weighted by molar-refractivity contribution is 8.00. The van der Waals surface area contributed by atoms with Crippen LogP contribution in [0.1, 0.15) is 135 Å². The van der Waals surface area contributed by atoms with Crippen LogP contribution in [0, 0.1) is 5.92 Å². The number of nitrogens with one attached hydrogen (secondary N) is 3. The minimum atomic E-state index is 0.0222. The summed E-state index contributed by atoms with van der Waals surface area (Å²) in [6.07, 6.45) is 18.1. The van der Waals surface area contributed by atoms with E-state index in [1.165, 1.54) is 5.75 Å². The number of fused-ring (bicyclic) bond motifs is 2. The van der Waals surface area contributed by atoms with E-state index < -0.39 is 0 Å². The quantitative estimate of drug-likeness (QED) is 0.0634. The number of hydrogen-bond donors (Lipinski definition) is 5. The van der Waals surface area contributed by atoms with Gasteiger partial charge < -0.3 is 32.2 Å². The van der Waals surface area contributed by atoms with Crippen molar-refractivity contribution >= 4 is 58.7 Å². The van der Waals surface area contributed by atoms with Crippen molar-refractivity contribution in [2.75, 3.05) is 37.8 Å². The number of nitrogens with two attached hydrogens (primary N) is 2. The highest BCUT2D eigenvalue weighted by Crippen LogP contribution is 2.41. The van der Waals surface area contributed by atoms with Crippen molar-refractivity contribution in [2.24, 2.45) is 27.4 Å². The van der Waals surface area contributed by atoms with Gasteiger partial charge in [0.2, 0.25) is 11.8 Å². The van der Waals surface area contributed by atoms with E-state index in [4.69, 9.17) is 16.2 Å². The van der Waals surface area contributed by atoms with E-state index in [0.717, 1.165) is 108 Å². The second-order valence-electron chi connectivity index (χ2n) is 15.3. The zero-order valence-electron chi connectivity index (χ0n) is 32.0. The van der Waals surface area contributed by atoms with Crippen LogP contribution < -0.4 is 27.4 Å². The maximum Gasteiger partial charge on any atom is 0.220 e. The van der Waals surface area contributed by atoms with Crippen LogP contribution in [-0.2, 0) is 23.9 Å². The monoisotopic (exact) mass is 777 g/mol. The highest BCUT2D eigenvalue weighted by Gasteiger charge is 2.41. The number of amidine groups is 1. The molecule has 300 valence electrons. The van der Waals surface area contributed by atoms with Gasteiger partial charge in [-0.15, -0.1) is 0 Å².